The number of ether oxygens (including phenoxy) is 1. The third kappa shape index (κ3) is 3.50. The van der Waals surface area contributed by atoms with Crippen LogP contribution < -0.4 is 9.64 Å². The van der Waals surface area contributed by atoms with Crippen molar-refractivity contribution in [3.8, 4) is 16.2 Å². The second-order valence-electron chi connectivity index (χ2n) is 4.90. The minimum Gasteiger partial charge on any atom is -0.406 e. The Morgan fingerprint density at radius 2 is 1.62 bits per heavy atom. The number of nitrogens with zero attached hydrogens (tertiary/aromatic N) is 1. The highest BCUT2D eigenvalue weighted by Gasteiger charge is 2.31. The zero-order valence-electron chi connectivity index (χ0n) is 11.2. The van der Waals surface area contributed by atoms with Crippen molar-refractivity contribution in [2.75, 3.05) is 18.0 Å². The van der Waals surface area contributed by atoms with Gasteiger partial charge in [-0.3, -0.25) is 0 Å². The predicted octanol–water partition coefficient (Wildman–Crippen LogP) is 4.91. The number of halogens is 3. The highest BCUT2D eigenvalue weighted by atomic mass is 32.1. The van der Waals surface area contributed by atoms with Crippen LogP contribution in [0.1, 0.15) is 12.8 Å². The lowest BCUT2D eigenvalue weighted by atomic mass is 10.2. The molecule has 0 aliphatic carbocycles. The fourth-order valence-corrected chi connectivity index (χ4v) is 3.47. The molecule has 6 heteroatoms. The van der Waals surface area contributed by atoms with Crippen molar-refractivity contribution in [3.05, 3.63) is 36.4 Å². The maximum absolute atomic E-state index is 12.1. The monoisotopic (exact) mass is 313 g/mol. The van der Waals surface area contributed by atoms with Gasteiger partial charge in [0.25, 0.3) is 0 Å². The highest BCUT2D eigenvalue weighted by molar-refractivity contribution is 7.19. The van der Waals surface area contributed by atoms with Crippen LogP contribution in [0.4, 0.5) is 18.2 Å². The summed E-state index contributed by atoms with van der Waals surface area (Å²) in [5.74, 6) is -0.192. The fourth-order valence-electron chi connectivity index (χ4n) is 2.41. The summed E-state index contributed by atoms with van der Waals surface area (Å²) in [6, 6.07) is 10.1. The number of anilines is 1. The Morgan fingerprint density at radius 3 is 2.24 bits per heavy atom. The minimum absolute atomic E-state index is 0.192. The van der Waals surface area contributed by atoms with Crippen LogP contribution in [0.2, 0.25) is 0 Å². The smallest absolute Gasteiger partial charge is 0.406 e. The maximum atomic E-state index is 12.1. The van der Waals surface area contributed by atoms with Crippen LogP contribution in [-0.2, 0) is 0 Å². The third-order valence-corrected chi connectivity index (χ3v) is 4.58. The first-order valence-corrected chi connectivity index (χ1v) is 7.54. The molecule has 3 rings (SSSR count). The number of hydrogen-bond acceptors (Lipinski definition) is 3. The molecule has 0 spiro atoms. The molecular formula is C15H14F3NOS. The average Bonchev–Trinajstić information content (AvgIpc) is 3.09. The molecule has 2 nitrogen and oxygen atoms in total. The normalized spacial score (nSPS) is 15.5. The number of benzene rings is 1. The summed E-state index contributed by atoms with van der Waals surface area (Å²) in [6.07, 6.45) is -2.21. The van der Waals surface area contributed by atoms with Gasteiger partial charge in [0.15, 0.2) is 0 Å². The van der Waals surface area contributed by atoms with Gasteiger partial charge in [-0.25, -0.2) is 0 Å². The van der Waals surface area contributed by atoms with E-state index in [-0.39, 0.29) is 5.75 Å². The van der Waals surface area contributed by atoms with Gasteiger partial charge < -0.3 is 9.64 Å². The van der Waals surface area contributed by atoms with E-state index in [4.69, 9.17) is 0 Å². The first-order chi connectivity index (χ1) is 10.0. The molecule has 0 saturated carbocycles. The second kappa shape index (κ2) is 5.60. The molecule has 0 N–H and O–H groups in total. The Morgan fingerprint density at radius 1 is 0.952 bits per heavy atom. The standard InChI is InChI=1S/C15H14F3NOS/c16-15(17,18)20-12-5-3-11(4-6-12)13-7-8-14(21-13)19-9-1-2-10-19/h3-8H,1-2,9-10H2. The maximum Gasteiger partial charge on any atom is 0.573 e. The van der Waals surface area contributed by atoms with Gasteiger partial charge in [0.1, 0.15) is 5.75 Å². The minimum atomic E-state index is -4.65. The first kappa shape index (κ1) is 14.3. The molecule has 21 heavy (non-hydrogen) atoms. The van der Waals surface area contributed by atoms with E-state index in [0.717, 1.165) is 23.5 Å². The van der Waals surface area contributed by atoms with Gasteiger partial charge >= 0.3 is 6.36 Å². The van der Waals surface area contributed by atoms with E-state index in [1.165, 1.54) is 30.0 Å². The molecule has 1 saturated heterocycles. The van der Waals surface area contributed by atoms with Crippen molar-refractivity contribution in [1.82, 2.24) is 0 Å². The molecule has 0 radical (unpaired) electrons. The van der Waals surface area contributed by atoms with Gasteiger partial charge in [0, 0.05) is 18.0 Å². The summed E-state index contributed by atoms with van der Waals surface area (Å²) >= 11 is 1.67. The van der Waals surface area contributed by atoms with Gasteiger partial charge in [0.2, 0.25) is 0 Å². The quantitative estimate of drug-likeness (QED) is 0.798. The Labute approximate surface area is 124 Å². The molecule has 0 unspecified atom stereocenters. The topological polar surface area (TPSA) is 12.5 Å². The summed E-state index contributed by atoms with van der Waals surface area (Å²) in [7, 11) is 0. The second-order valence-corrected chi connectivity index (χ2v) is 5.97. The van der Waals surface area contributed by atoms with Crippen molar-refractivity contribution >= 4 is 16.3 Å². The number of thiophene rings is 1. The fraction of sp³-hybridized carbons (Fsp3) is 0.333. The largest absolute Gasteiger partial charge is 0.573 e. The van der Waals surface area contributed by atoms with Gasteiger partial charge in [0.05, 0.1) is 5.00 Å². The number of alkyl halides is 3. The zero-order valence-corrected chi connectivity index (χ0v) is 12.0. The van der Waals surface area contributed by atoms with E-state index >= 15 is 0 Å². The number of rotatable bonds is 3. The van der Waals surface area contributed by atoms with Crippen LogP contribution in [0.25, 0.3) is 10.4 Å². The third-order valence-electron chi connectivity index (χ3n) is 3.38. The molecular weight excluding hydrogens is 299 g/mol. The molecule has 0 bridgehead atoms. The Hall–Kier alpha value is -1.69. The molecule has 1 aliphatic rings. The van der Waals surface area contributed by atoms with E-state index in [1.54, 1.807) is 23.5 Å². The van der Waals surface area contributed by atoms with Crippen molar-refractivity contribution in [3.63, 3.8) is 0 Å². The zero-order chi connectivity index (χ0) is 14.9. The molecule has 0 atom stereocenters. The Balaban J connectivity index is 1.74. The van der Waals surface area contributed by atoms with E-state index in [1.807, 2.05) is 6.07 Å². The molecule has 2 heterocycles. The summed E-state index contributed by atoms with van der Waals surface area (Å²) in [4.78, 5) is 3.39. The van der Waals surface area contributed by atoms with Crippen LogP contribution in [0.3, 0.4) is 0 Å². The van der Waals surface area contributed by atoms with E-state index in [9.17, 15) is 13.2 Å². The molecule has 0 amide bonds. The van der Waals surface area contributed by atoms with Crippen LogP contribution >= 0.6 is 11.3 Å². The molecule has 1 aromatic heterocycles. The molecule has 1 aliphatic heterocycles. The van der Waals surface area contributed by atoms with E-state index in [0.29, 0.717) is 0 Å². The lowest BCUT2D eigenvalue weighted by molar-refractivity contribution is -0.274. The lowest BCUT2D eigenvalue weighted by Crippen LogP contribution is -2.16. The van der Waals surface area contributed by atoms with Crippen LogP contribution in [-0.4, -0.2) is 19.5 Å². The molecule has 2 aromatic rings. The van der Waals surface area contributed by atoms with Gasteiger partial charge in [-0.1, -0.05) is 0 Å². The van der Waals surface area contributed by atoms with Crippen molar-refractivity contribution in [2.45, 2.75) is 19.2 Å². The van der Waals surface area contributed by atoms with Gasteiger partial charge in [-0.15, -0.1) is 24.5 Å². The Kier molecular flexibility index (Phi) is 3.80. The van der Waals surface area contributed by atoms with Crippen LogP contribution in [0.5, 0.6) is 5.75 Å². The highest BCUT2D eigenvalue weighted by Crippen LogP contribution is 2.36. The molecule has 1 aromatic carbocycles. The van der Waals surface area contributed by atoms with E-state index < -0.39 is 6.36 Å². The average molecular weight is 313 g/mol. The van der Waals surface area contributed by atoms with Crippen molar-refractivity contribution in [1.29, 1.82) is 0 Å². The summed E-state index contributed by atoms with van der Waals surface area (Å²) < 4.78 is 40.2. The Bertz CT molecular complexity index is 600. The van der Waals surface area contributed by atoms with Crippen LogP contribution in [0, 0.1) is 0 Å². The summed E-state index contributed by atoms with van der Waals surface area (Å²) in [5, 5.41) is 1.22. The van der Waals surface area contributed by atoms with Crippen molar-refractivity contribution < 1.29 is 17.9 Å². The van der Waals surface area contributed by atoms with Gasteiger partial charge in [-0.05, 0) is 54.8 Å². The molecule has 1 fully saturated rings. The van der Waals surface area contributed by atoms with E-state index in [2.05, 4.69) is 15.7 Å². The number of hydrogen-bond donors (Lipinski definition) is 0. The van der Waals surface area contributed by atoms with Crippen molar-refractivity contribution in [2.24, 2.45) is 0 Å². The predicted molar refractivity (Wildman–Crippen MR) is 77.9 cm³/mol. The summed E-state index contributed by atoms with van der Waals surface area (Å²) in [6.45, 7) is 2.16. The SMILES string of the molecule is FC(F)(F)Oc1ccc(-c2ccc(N3CCCC3)s2)cc1. The van der Waals surface area contributed by atoms with Crippen LogP contribution in [0.15, 0.2) is 36.4 Å². The molecule has 112 valence electrons. The van der Waals surface area contributed by atoms with Gasteiger partial charge in [-0.2, -0.15) is 0 Å². The lowest BCUT2D eigenvalue weighted by Gasteiger charge is -2.13. The summed E-state index contributed by atoms with van der Waals surface area (Å²) in [5.41, 5.74) is 0.903. The first-order valence-electron chi connectivity index (χ1n) is 6.72.